The fourth-order valence-corrected chi connectivity index (χ4v) is 4.86. The Morgan fingerprint density at radius 2 is 1.80 bits per heavy atom. The highest BCUT2D eigenvalue weighted by Gasteiger charge is 2.29. The molecule has 0 radical (unpaired) electrons. The van der Waals surface area contributed by atoms with Gasteiger partial charge in [0, 0.05) is 43.8 Å². The maximum atomic E-state index is 14.8. The molecule has 12 heteroatoms. The van der Waals surface area contributed by atoms with E-state index in [1.807, 2.05) is 20.8 Å². The van der Waals surface area contributed by atoms with Gasteiger partial charge in [0.1, 0.15) is 30.0 Å². The lowest BCUT2D eigenvalue weighted by Crippen LogP contribution is -2.44. The third kappa shape index (κ3) is 6.62. The van der Waals surface area contributed by atoms with E-state index in [2.05, 4.69) is 15.3 Å². The van der Waals surface area contributed by atoms with Crippen molar-refractivity contribution in [3.8, 4) is 11.5 Å². The van der Waals surface area contributed by atoms with Gasteiger partial charge < -0.3 is 29.2 Å². The summed E-state index contributed by atoms with van der Waals surface area (Å²) < 4.78 is 38.5. The van der Waals surface area contributed by atoms with Crippen molar-refractivity contribution in [2.24, 2.45) is 0 Å². The van der Waals surface area contributed by atoms with Crippen molar-refractivity contribution in [2.45, 2.75) is 57.8 Å². The van der Waals surface area contributed by atoms with E-state index < -0.39 is 11.4 Å². The van der Waals surface area contributed by atoms with Crippen LogP contribution in [-0.2, 0) is 9.47 Å². The number of hydrogen-bond acceptors (Lipinski definition) is 8. The van der Waals surface area contributed by atoms with Crippen LogP contribution in [0.2, 0.25) is 10.0 Å². The Kier molecular flexibility index (Phi) is 8.39. The zero-order valence-electron chi connectivity index (χ0n) is 22.5. The molecule has 2 saturated heterocycles. The van der Waals surface area contributed by atoms with Gasteiger partial charge in [-0.05, 0) is 39.0 Å². The van der Waals surface area contributed by atoms with Gasteiger partial charge in [-0.1, -0.05) is 23.2 Å². The molecule has 5 rings (SSSR count). The van der Waals surface area contributed by atoms with E-state index in [0.29, 0.717) is 67.4 Å². The third-order valence-corrected chi connectivity index (χ3v) is 7.34. The molecule has 0 spiro atoms. The number of benzene rings is 2. The first kappa shape index (κ1) is 28.4. The van der Waals surface area contributed by atoms with Crippen molar-refractivity contribution < 1.29 is 28.1 Å². The van der Waals surface area contributed by atoms with Crippen LogP contribution in [0.15, 0.2) is 30.6 Å². The van der Waals surface area contributed by atoms with E-state index in [4.69, 9.17) is 42.1 Å². The minimum atomic E-state index is -0.685. The highest BCUT2D eigenvalue weighted by atomic mass is 35.5. The summed E-state index contributed by atoms with van der Waals surface area (Å²) in [7, 11) is 0. The van der Waals surface area contributed by atoms with E-state index in [1.54, 1.807) is 17.0 Å². The Bertz CT molecular complexity index is 1390. The average Bonchev–Trinajstić information content (AvgIpc) is 3.42. The first-order valence-electron chi connectivity index (χ1n) is 13.2. The number of amides is 1. The van der Waals surface area contributed by atoms with Crippen LogP contribution in [0.25, 0.3) is 10.9 Å². The zero-order chi connectivity index (χ0) is 28.4. The molecule has 1 aromatic heterocycles. The van der Waals surface area contributed by atoms with Crippen LogP contribution in [0, 0.1) is 5.82 Å². The quantitative estimate of drug-likeness (QED) is 0.313. The van der Waals surface area contributed by atoms with Crippen molar-refractivity contribution in [3.63, 3.8) is 0 Å². The summed E-state index contributed by atoms with van der Waals surface area (Å²) in [6, 6.07) is 6.58. The second-order valence-electron chi connectivity index (χ2n) is 10.8. The number of anilines is 2. The molecule has 0 unspecified atom stereocenters. The first-order chi connectivity index (χ1) is 19.1. The van der Waals surface area contributed by atoms with Crippen LogP contribution in [0.5, 0.6) is 11.5 Å². The molecule has 214 valence electrons. The van der Waals surface area contributed by atoms with Gasteiger partial charge in [-0.3, -0.25) is 0 Å². The molecule has 3 aromatic rings. The summed E-state index contributed by atoms with van der Waals surface area (Å²) in [4.78, 5) is 22.9. The summed E-state index contributed by atoms with van der Waals surface area (Å²) in [5.41, 5.74) is 0.147. The molecule has 2 aliphatic rings. The van der Waals surface area contributed by atoms with E-state index in [1.165, 1.54) is 18.5 Å². The van der Waals surface area contributed by atoms with Gasteiger partial charge in [0.05, 0.1) is 34.5 Å². The number of nitrogens with one attached hydrogen (secondary N) is 1. The van der Waals surface area contributed by atoms with Crippen molar-refractivity contribution in [2.75, 3.05) is 31.6 Å². The normalized spacial score (nSPS) is 18.1. The fourth-order valence-electron chi connectivity index (χ4n) is 4.55. The van der Waals surface area contributed by atoms with Crippen LogP contribution in [0.4, 0.5) is 20.7 Å². The van der Waals surface area contributed by atoms with Gasteiger partial charge in [-0.2, -0.15) is 0 Å². The Labute approximate surface area is 241 Å². The lowest BCUT2D eigenvalue weighted by molar-refractivity contribution is 0.0122. The molecule has 1 amide bonds. The monoisotopic (exact) mass is 592 g/mol. The SMILES string of the molecule is CC(C)(C)OC(=O)N1CCC(Oc2cc3c(Nc4ccc(Cl)c(Cl)c4F)ncnc3cc2O[C@H]2CCOC2)CC1. The van der Waals surface area contributed by atoms with Crippen LogP contribution in [-0.4, -0.2) is 65.1 Å². The van der Waals surface area contributed by atoms with Crippen LogP contribution < -0.4 is 14.8 Å². The Morgan fingerprint density at radius 1 is 1.07 bits per heavy atom. The van der Waals surface area contributed by atoms with Crippen molar-refractivity contribution in [1.29, 1.82) is 0 Å². The second-order valence-corrected chi connectivity index (χ2v) is 11.6. The zero-order valence-corrected chi connectivity index (χ0v) is 24.0. The van der Waals surface area contributed by atoms with E-state index >= 15 is 0 Å². The molecule has 0 aliphatic carbocycles. The molecule has 9 nitrogen and oxygen atoms in total. The standard InChI is InChI=1S/C28H31Cl2FN4O5/c1-28(2,3)40-27(36)35-9-6-16(7-10-35)38-22-12-18-21(13-23(22)39-17-8-11-37-14-17)32-15-33-26(18)34-20-5-4-19(29)24(30)25(20)31/h4-5,12-13,15-17H,6-11,14H2,1-3H3,(H,32,33,34)/t17-/m0/s1. The topological polar surface area (TPSA) is 95.0 Å². The Morgan fingerprint density at radius 3 is 2.50 bits per heavy atom. The molecule has 40 heavy (non-hydrogen) atoms. The molecule has 2 fully saturated rings. The maximum absolute atomic E-state index is 14.8. The number of halogens is 3. The van der Waals surface area contributed by atoms with Crippen LogP contribution >= 0.6 is 23.2 Å². The number of nitrogens with zero attached hydrogens (tertiary/aromatic N) is 3. The summed E-state index contributed by atoms with van der Waals surface area (Å²) in [6.45, 7) is 7.67. The molecular weight excluding hydrogens is 562 g/mol. The lowest BCUT2D eigenvalue weighted by atomic mass is 10.1. The minimum absolute atomic E-state index is 0.112. The fraction of sp³-hybridized carbons (Fsp3) is 0.464. The van der Waals surface area contributed by atoms with Crippen molar-refractivity contribution >= 4 is 51.7 Å². The van der Waals surface area contributed by atoms with Crippen molar-refractivity contribution in [3.05, 3.63) is 46.5 Å². The average molecular weight is 593 g/mol. The molecule has 1 N–H and O–H groups in total. The van der Waals surface area contributed by atoms with Crippen LogP contribution in [0.3, 0.4) is 0 Å². The maximum Gasteiger partial charge on any atom is 0.410 e. The summed E-state index contributed by atoms with van der Waals surface area (Å²) in [5, 5.41) is 3.54. The second kappa shape index (κ2) is 11.8. The van der Waals surface area contributed by atoms with E-state index in [-0.39, 0.29) is 34.0 Å². The number of hydrogen-bond donors (Lipinski definition) is 1. The lowest BCUT2D eigenvalue weighted by Gasteiger charge is -2.33. The summed E-state index contributed by atoms with van der Waals surface area (Å²) in [6.07, 6.45) is 2.78. The Hall–Kier alpha value is -3.08. The van der Waals surface area contributed by atoms with Crippen molar-refractivity contribution in [1.82, 2.24) is 14.9 Å². The molecule has 2 aromatic carbocycles. The van der Waals surface area contributed by atoms with E-state index in [9.17, 15) is 9.18 Å². The molecule has 0 saturated carbocycles. The van der Waals surface area contributed by atoms with E-state index in [0.717, 1.165) is 6.42 Å². The van der Waals surface area contributed by atoms with Crippen LogP contribution in [0.1, 0.15) is 40.0 Å². The molecule has 3 heterocycles. The number of carbonyl (C=O) groups is 1. The number of fused-ring (bicyclic) bond motifs is 1. The minimum Gasteiger partial charge on any atom is -0.486 e. The number of rotatable bonds is 6. The van der Waals surface area contributed by atoms with Gasteiger partial charge in [-0.15, -0.1) is 0 Å². The highest BCUT2D eigenvalue weighted by molar-refractivity contribution is 6.42. The largest absolute Gasteiger partial charge is 0.486 e. The Balaban J connectivity index is 1.41. The molecule has 0 bridgehead atoms. The molecule has 2 aliphatic heterocycles. The molecular formula is C28H31Cl2FN4O5. The predicted molar refractivity (Wildman–Crippen MR) is 151 cm³/mol. The number of piperidine rings is 1. The number of likely N-dealkylation sites (tertiary alicyclic amines) is 1. The number of ether oxygens (including phenoxy) is 4. The summed E-state index contributed by atoms with van der Waals surface area (Å²) >= 11 is 12.0. The van der Waals surface area contributed by atoms with Gasteiger partial charge >= 0.3 is 6.09 Å². The first-order valence-corrected chi connectivity index (χ1v) is 13.9. The highest BCUT2D eigenvalue weighted by Crippen LogP contribution is 2.38. The predicted octanol–water partition coefficient (Wildman–Crippen LogP) is 6.77. The molecule has 1 atom stereocenters. The van der Waals surface area contributed by atoms with Gasteiger partial charge in [0.25, 0.3) is 0 Å². The number of aromatic nitrogens is 2. The number of carbonyl (C=O) groups excluding carboxylic acids is 1. The third-order valence-electron chi connectivity index (χ3n) is 6.56. The van der Waals surface area contributed by atoms with Gasteiger partial charge in [-0.25, -0.2) is 19.2 Å². The van der Waals surface area contributed by atoms with Gasteiger partial charge in [0.2, 0.25) is 0 Å². The summed E-state index contributed by atoms with van der Waals surface area (Å²) in [5.74, 6) is 0.712. The van der Waals surface area contributed by atoms with Gasteiger partial charge in [0.15, 0.2) is 17.3 Å². The smallest absolute Gasteiger partial charge is 0.410 e.